The molecule has 0 bridgehead atoms. The van der Waals surface area contributed by atoms with Crippen molar-refractivity contribution in [1.29, 1.82) is 0 Å². The van der Waals surface area contributed by atoms with Crippen LogP contribution in [0.15, 0.2) is 48.8 Å². The van der Waals surface area contributed by atoms with Crippen LogP contribution in [0, 0.1) is 11.3 Å². The average Bonchev–Trinajstić information content (AvgIpc) is 3.35. The highest BCUT2D eigenvalue weighted by Gasteiger charge is 2.44. The van der Waals surface area contributed by atoms with E-state index in [2.05, 4.69) is 28.5 Å². The van der Waals surface area contributed by atoms with Crippen LogP contribution in [-0.2, 0) is 16.0 Å². The van der Waals surface area contributed by atoms with Crippen LogP contribution in [0.25, 0.3) is 11.1 Å². The molecular formula is C26H33N3O2. The van der Waals surface area contributed by atoms with Crippen molar-refractivity contribution in [3.8, 4) is 11.1 Å². The van der Waals surface area contributed by atoms with Gasteiger partial charge in [-0.3, -0.25) is 14.6 Å². The average molecular weight is 420 g/mol. The highest BCUT2D eigenvalue weighted by atomic mass is 16.2. The first-order chi connectivity index (χ1) is 15.1. The predicted molar refractivity (Wildman–Crippen MR) is 122 cm³/mol. The number of likely N-dealkylation sites (tertiary alicyclic amines) is 1. The van der Waals surface area contributed by atoms with Crippen LogP contribution < -0.4 is 5.32 Å². The fraction of sp³-hybridized carbons (Fsp3) is 0.500. The number of amides is 2. The lowest BCUT2D eigenvalue weighted by molar-refractivity contribution is -0.144. The van der Waals surface area contributed by atoms with Crippen LogP contribution in [0.4, 0.5) is 0 Å². The molecule has 4 rings (SSSR count). The molecule has 1 atom stereocenters. The molecule has 1 aromatic carbocycles. The first kappa shape index (κ1) is 21.5. The zero-order valence-corrected chi connectivity index (χ0v) is 18.5. The van der Waals surface area contributed by atoms with Crippen LogP contribution in [0.2, 0.25) is 0 Å². The minimum Gasteiger partial charge on any atom is -0.356 e. The highest BCUT2D eigenvalue weighted by Crippen LogP contribution is 2.37. The number of aromatic nitrogens is 1. The number of pyridine rings is 1. The van der Waals surface area contributed by atoms with Crippen LogP contribution >= 0.6 is 0 Å². The van der Waals surface area contributed by atoms with Gasteiger partial charge in [-0.15, -0.1) is 0 Å². The Balaban J connectivity index is 1.59. The third-order valence-corrected chi connectivity index (χ3v) is 6.88. The molecular weight excluding hydrogens is 386 g/mol. The number of carbonyl (C=O) groups is 2. The largest absolute Gasteiger partial charge is 0.356 e. The summed E-state index contributed by atoms with van der Waals surface area (Å²) in [6.07, 6.45) is 10.2. The summed E-state index contributed by atoms with van der Waals surface area (Å²) >= 11 is 0. The first-order valence-corrected chi connectivity index (χ1v) is 11.7. The third-order valence-electron chi connectivity index (χ3n) is 6.88. The summed E-state index contributed by atoms with van der Waals surface area (Å²) in [4.78, 5) is 32.7. The van der Waals surface area contributed by atoms with Gasteiger partial charge in [0, 0.05) is 37.9 Å². The normalized spacial score (nSPS) is 21.8. The van der Waals surface area contributed by atoms with Gasteiger partial charge in [-0.05, 0) is 61.8 Å². The van der Waals surface area contributed by atoms with E-state index in [0.717, 1.165) is 61.8 Å². The van der Waals surface area contributed by atoms with E-state index < -0.39 is 5.41 Å². The second kappa shape index (κ2) is 9.63. The van der Waals surface area contributed by atoms with Gasteiger partial charge >= 0.3 is 0 Å². The van der Waals surface area contributed by atoms with Crippen molar-refractivity contribution >= 4 is 11.8 Å². The molecule has 1 unspecified atom stereocenters. The molecule has 1 saturated heterocycles. The SMILES string of the molecule is CCNC(=O)C1(Cc2cccc(-c3cccnc3)c2)CCCN(C(=O)C2CCCC2)C1. The Morgan fingerprint density at radius 2 is 1.94 bits per heavy atom. The summed E-state index contributed by atoms with van der Waals surface area (Å²) in [6, 6.07) is 12.4. The summed E-state index contributed by atoms with van der Waals surface area (Å²) in [6.45, 7) is 3.85. The van der Waals surface area contributed by atoms with E-state index in [0.29, 0.717) is 19.5 Å². The van der Waals surface area contributed by atoms with Crippen molar-refractivity contribution in [2.75, 3.05) is 19.6 Å². The number of hydrogen-bond acceptors (Lipinski definition) is 3. The topological polar surface area (TPSA) is 62.3 Å². The molecule has 0 spiro atoms. The lowest BCUT2D eigenvalue weighted by Gasteiger charge is -2.42. The van der Waals surface area contributed by atoms with E-state index in [1.54, 1.807) is 6.20 Å². The lowest BCUT2D eigenvalue weighted by Crippen LogP contribution is -2.55. The summed E-state index contributed by atoms with van der Waals surface area (Å²) < 4.78 is 0. The minimum atomic E-state index is -0.573. The summed E-state index contributed by atoms with van der Waals surface area (Å²) in [5.74, 6) is 0.486. The zero-order valence-electron chi connectivity index (χ0n) is 18.5. The first-order valence-electron chi connectivity index (χ1n) is 11.7. The standard InChI is InChI=1S/C26H33N3O2/c1-2-28-25(31)26(13-7-15-29(19-26)24(30)21-9-3-4-10-21)17-20-8-5-11-22(16-20)23-12-6-14-27-18-23/h5-6,8,11-12,14,16,18,21H,2-4,7,9-10,13,15,17,19H2,1H3,(H,28,31). The Labute approximate surface area is 185 Å². The molecule has 1 saturated carbocycles. The monoisotopic (exact) mass is 419 g/mol. The predicted octanol–water partition coefficient (Wildman–Crippen LogP) is 4.23. The molecule has 5 nitrogen and oxygen atoms in total. The fourth-order valence-electron chi connectivity index (χ4n) is 5.29. The van der Waals surface area contributed by atoms with Crippen molar-refractivity contribution in [2.24, 2.45) is 11.3 Å². The van der Waals surface area contributed by atoms with Gasteiger partial charge in [-0.2, -0.15) is 0 Å². The molecule has 2 amide bonds. The molecule has 164 valence electrons. The molecule has 2 aromatic rings. The highest BCUT2D eigenvalue weighted by molar-refractivity contribution is 5.85. The van der Waals surface area contributed by atoms with E-state index in [4.69, 9.17) is 0 Å². The number of benzene rings is 1. The van der Waals surface area contributed by atoms with Gasteiger partial charge in [0.2, 0.25) is 11.8 Å². The summed E-state index contributed by atoms with van der Waals surface area (Å²) in [7, 11) is 0. The number of nitrogens with one attached hydrogen (secondary N) is 1. The van der Waals surface area contributed by atoms with Gasteiger partial charge in [0.05, 0.1) is 5.41 Å². The maximum Gasteiger partial charge on any atom is 0.228 e. The molecule has 0 radical (unpaired) electrons. The molecule has 2 heterocycles. The Morgan fingerprint density at radius 3 is 2.68 bits per heavy atom. The lowest BCUT2D eigenvalue weighted by atomic mass is 9.73. The molecule has 1 N–H and O–H groups in total. The van der Waals surface area contributed by atoms with Gasteiger partial charge in [0.1, 0.15) is 0 Å². The fourth-order valence-corrected chi connectivity index (χ4v) is 5.29. The third kappa shape index (κ3) is 4.81. The van der Waals surface area contributed by atoms with E-state index in [1.807, 2.05) is 36.2 Å². The maximum absolute atomic E-state index is 13.3. The van der Waals surface area contributed by atoms with E-state index in [1.165, 1.54) is 0 Å². The molecule has 2 fully saturated rings. The Kier molecular flexibility index (Phi) is 6.69. The van der Waals surface area contributed by atoms with Gasteiger partial charge in [-0.1, -0.05) is 43.2 Å². The summed E-state index contributed by atoms with van der Waals surface area (Å²) in [5.41, 5.74) is 2.73. The molecule has 2 aliphatic rings. The second-order valence-electron chi connectivity index (χ2n) is 9.10. The molecule has 1 aliphatic heterocycles. The van der Waals surface area contributed by atoms with Crippen LogP contribution in [0.5, 0.6) is 0 Å². The van der Waals surface area contributed by atoms with Crippen LogP contribution in [0.1, 0.15) is 51.0 Å². The van der Waals surface area contributed by atoms with Crippen molar-refractivity contribution in [3.63, 3.8) is 0 Å². The minimum absolute atomic E-state index is 0.0747. The van der Waals surface area contributed by atoms with Gasteiger partial charge in [0.15, 0.2) is 0 Å². The molecule has 5 heteroatoms. The number of hydrogen-bond donors (Lipinski definition) is 1. The molecule has 1 aromatic heterocycles. The van der Waals surface area contributed by atoms with E-state index in [9.17, 15) is 9.59 Å². The number of rotatable bonds is 6. The van der Waals surface area contributed by atoms with Crippen LogP contribution in [0.3, 0.4) is 0 Å². The number of carbonyl (C=O) groups excluding carboxylic acids is 2. The van der Waals surface area contributed by atoms with E-state index in [-0.39, 0.29) is 17.7 Å². The quantitative estimate of drug-likeness (QED) is 0.762. The van der Waals surface area contributed by atoms with Crippen molar-refractivity contribution in [2.45, 2.75) is 51.9 Å². The second-order valence-corrected chi connectivity index (χ2v) is 9.10. The number of piperidine rings is 1. The Bertz CT molecular complexity index is 908. The van der Waals surface area contributed by atoms with Crippen molar-refractivity contribution in [3.05, 3.63) is 54.4 Å². The van der Waals surface area contributed by atoms with Crippen LogP contribution in [-0.4, -0.2) is 41.3 Å². The zero-order chi connectivity index (χ0) is 21.7. The maximum atomic E-state index is 13.3. The Hall–Kier alpha value is -2.69. The number of nitrogens with zero attached hydrogens (tertiary/aromatic N) is 2. The van der Waals surface area contributed by atoms with Gasteiger partial charge in [0.25, 0.3) is 0 Å². The van der Waals surface area contributed by atoms with E-state index >= 15 is 0 Å². The van der Waals surface area contributed by atoms with Gasteiger partial charge in [-0.25, -0.2) is 0 Å². The Morgan fingerprint density at radius 1 is 1.13 bits per heavy atom. The smallest absolute Gasteiger partial charge is 0.228 e. The van der Waals surface area contributed by atoms with Crippen molar-refractivity contribution < 1.29 is 9.59 Å². The molecule has 1 aliphatic carbocycles. The van der Waals surface area contributed by atoms with Gasteiger partial charge < -0.3 is 10.2 Å². The summed E-state index contributed by atoms with van der Waals surface area (Å²) in [5, 5.41) is 3.06. The molecule has 31 heavy (non-hydrogen) atoms. The van der Waals surface area contributed by atoms with Crippen molar-refractivity contribution in [1.82, 2.24) is 15.2 Å².